The van der Waals surface area contributed by atoms with Gasteiger partial charge in [-0.2, -0.15) is 14.3 Å². The highest BCUT2D eigenvalue weighted by atomic mass is 16.5. The molecule has 0 radical (unpaired) electrons. The largest absolute Gasteiger partial charge is 0.501 e. The molecule has 6 heteroatoms. The van der Waals surface area contributed by atoms with Gasteiger partial charge in [0, 0.05) is 13.2 Å². The second-order valence-electron chi connectivity index (χ2n) is 4.26. The van der Waals surface area contributed by atoms with Gasteiger partial charge in [0.05, 0.1) is 20.7 Å². The zero-order chi connectivity index (χ0) is 14.2. The van der Waals surface area contributed by atoms with Gasteiger partial charge in [-0.15, -0.1) is 0 Å². The van der Waals surface area contributed by atoms with Crippen molar-refractivity contribution in [1.82, 2.24) is 4.90 Å². The Morgan fingerprint density at radius 2 is 2.05 bits per heavy atom. The third kappa shape index (κ3) is 1.98. The highest BCUT2D eigenvalue weighted by Gasteiger charge is 2.43. The van der Waals surface area contributed by atoms with Gasteiger partial charge < -0.3 is 9.47 Å². The minimum absolute atomic E-state index is 0.297. The van der Waals surface area contributed by atoms with Gasteiger partial charge in [-0.1, -0.05) is 0 Å². The molecule has 0 saturated carbocycles. The molecule has 1 unspecified atom stereocenters. The van der Waals surface area contributed by atoms with Gasteiger partial charge in [0.15, 0.2) is 0 Å². The van der Waals surface area contributed by atoms with Crippen molar-refractivity contribution in [1.29, 1.82) is 0 Å². The SMILES string of the molecule is CCN1C(=O)C2=CC(OC)C(OC)=CC2=[N+](C)C1=O. The monoisotopic (exact) mass is 265 g/mol. The first-order valence-electron chi connectivity index (χ1n) is 6.02. The number of carbonyl (C=O) groups excluding carboxylic acids is 2. The highest BCUT2D eigenvalue weighted by molar-refractivity contribution is 6.29. The van der Waals surface area contributed by atoms with E-state index in [1.807, 2.05) is 0 Å². The first kappa shape index (κ1) is 13.5. The molecule has 19 heavy (non-hydrogen) atoms. The molecule has 1 heterocycles. The van der Waals surface area contributed by atoms with Gasteiger partial charge in [0.2, 0.25) is 0 Å². The molecule has 102 valence electrons. The topological polar surface area (TPSA) is 58.9 Å². The molecule has 0 fully saturated rings. The van der Waals surface area contributed by atoms with Crippen LogP contribution < -0.4 is 0 Å². The lowest BCUT2D eigenvalue weighted by molar-refractivity contribution is -0.402. The number of amides is 3. The summed E-state index contributed by atoms with van der Waals surface area (Å²) < 4.78 is 11.9. The van der Waals surface area contributed by atoms with Crippen LogP contribution in [0.3, 0.4) is 0 Å². The summed E-state index contributed by atoms with van der Waals surface area (Å²) in [4.78, 5) is 25.5. The van der Waals surface area contributed by atoms with E-state index in [4.69, 9.17) is 9.47 Å². The van der Waals surface area contributed by atoms with Crippen LogP contribution in [0.2, 0.25) is 0 Å². The van der Waals surface area contributed by atoms with Gasteiger partial charge in [-0.05, 0) is 13.0 Å². The Balaban J connectivity index is 2.57. The highest BCUT2D eigenvalue weighted by Crippen LogP contribution is 2.23. The molecule has 0 aromatic heterocycles. The van der Waals surface area contributed by atoms with Gasteiger partial charge in [-0.3, -0.25) is 0 Å². The Kier molecular flexibility index (Phi) is 3.53. The fourth-order valence-electron chi connectivity index (χ4n) is 2.23. The Hall–Kier alpha value is -1.95. The Morgan fingerprint density at radius 1 is 1.37 bits per heavy atom. The summed E-state index contributed by atoms with van der Waals surface area (Å²) in [6, 6.07) is -0.331. The number of methoxy groups -OCH3 is 2. The maximum Gasteiger partial charge on any atom is 0.501 e. The van der Waals surface area contributed by atoms with E-state index in [1.165, 1.54) is 16.6 Å². The number of hydrogen-bond donors (Lipinski definition) is 0. The van der Waals surface area contributed by atoms with E-state index in [-0.39, 0.29) is 11.9 Å². The van der Waals surface area contributed by atoms with Crippen LogP contribution in [0.5, 0.6) is 0 Å². The van der Waals surface area contributed by atoms with Gasteiger partial charge in [0.1, 0.15) is 23.1 Å². The van der Waals surface area contributed by atoms with E-state index < -0.39 is 6.10 Å². The molecule has 1 aliphatic carbocycles. The van der Waals surface area contributed by atoms with Crippen molar-refractivity contribution < 1.29 is 23.6 Å². The lowest BCUT2D eigenvalue weighted by atomic mass is 9.97. The molecule has 0 N–H and O–H groups in total. The van der Waals surface area contributed by atoms with Gasteiger partial charge in [-0.25, -0.2) is 4.79 Å². The number of fused-ring (bicyclic) bond motifs is 1. The van der Waals surface area contributed by atoms with E-state index in [1.54, 1.807) is 33.2 Å². The second kappa shape index (κ2) is 4.97. The Morgan fingerprint density at radius 3 is 2.58 bits per heavy atom. The summed E-state index contributed by atoms with van der Waals surface area (Å²) in [6.07, 6.45) is 2.95. The van der Waals surface area contributed by atoms with Crippen LogP contribution in [0.15, 0.2) is 23.5 Å². The molecule has 0 saturated heterocycles. The van der Waals surface area contributed by atoms with E-state index in [0.717, 1.165) is 0 Å². The number of urea groups is 1. The Labute approximate surface area is 111 Å². The number of allylic oxidation sites excluding steroid dienone is 1. The molecular weight excluding hydrogens is 248 g/mol. The first-order valence-corrected chi connectivity index (χ1v) is 6.02. The zero-order valence-electron chi connectivity index (χ0n) is 11.5. The lowest BCUT2D eigenvalue weighted by Gasteiger charge is -2.25. The van der Waals surface area contributed by atoms with Crippen molar-refractivity contribution in [3.05, 3.63) is 23.5 Å². The van der Waals surface area contributed by atoms with Crippen LogP contribution in [0.25, 0.3) is 0 Å². The number of nitrogens with zero attached hydrogens (tertiary/aromatic N) is 2. The van der Waals surface area contributed by atoms with Crippen LogP contribution >= 0.6 is 0 Å². The molecule has 2 aliphatic rings. The number of ether oxygens (including phenoxy) is 2. The van der Waals surface area contributed by atoms with Gasteiger partial charge >= 0.3 is 11.9 Å². The molecule has 6 nitrogen and oxygen atoms in total. The van der Waals surface area contributed by atoms with E-state index in [9.17, 15) is 9.59 Å². The molecule has 1 aliphatic heterocycles. The molecule has 0 aromatic carbocycles. The lowest BCUT2D eigenvalue weighted by Crippen LogP contribution is -2.50. The van der Waals surface area contributed by atoms with Crippen molar-refractivity contribution in [3.63, 3.8) is 0 Å². The fraction of sp³-hybridized carbons (Fsp3) is 0.462. The third-order valence-electron chi connectivity index (χ3n) is 3.31. The molecule has 2 rings (SSSR count). The van der Waals surface area contributed by atoms with Crippen LogP contribution in [-0.2, 0) is 14.3 Å². The molecule has 0 bridgehead atoms. The van der Waals surface area contributed by atoms with Crippen LogP contribution in [0.1, 0.15) is 6.92 Å². The number of likely N-dealkylation sites (N-methyl/N-ethyl adjacent to an activating group) is 1. The molecular formula is C13H17N2O4+. The quantitative estimate of drug-likeness (QED) is 0.699. The van der Waals surface area contributed by atoms with Gasteiger partial charge in [0.25, 0.3) is 0 Å². The standard InChI is InChI=1S/C13H17N2O4/c1-5-15-12(16)8-6-10(18-3)11(19-4)7-9(8)14(2)13(15)17/h6-7,10H,5H2,1-4H3/q+1. The first-order chi connectivity index (χ1) is 9.04. The number of hydrogen-bond acceptors (Lipinski definition) is 4. The van der Waals surface area contributed by atoms with Crippen LogP contribution in [0.4, 0.5) is 4.79 Å². The summed E-state index contributed by atoms with van der Waals surface area (Å²) in [5.74, 6) is 0.271. The average molecular weight is 265 g/mol. The smallest absolute Gasteiger partial charge is 0.498 e. The van der Waals surface area contributed by atoms with Crippen LogP contribution in [-0.4, -0.2) is 61.0 Å². The van der Waals surface area contributed by atoms with E-state index >= 15 is 0 Å². The summed E-state index contributed by atoms with van der Waals surface area (Å²) in [7, 11) is 4.71. The van der Waals surface area contributed by atoms with E-state index in [0.29, 0.717) is 23.6 Å². The zero-order valence-corrected chi connectivity index (χ0v) is 11.5. The number of imide groups is 1. The summed E-state index contributed by atoms with van der Waals surface area (Å²) in [5, 5.41) is 0. The summed E-state index contributed by atoms with van der Waals surface area (Å²) >= 11 is 0. The Bertz CT molecular complexity index is 531. The van der Waals surface area contributed by atoms with E-state index in [2.05, 4.69) is 0 Å². The summed E-state index contributed by atoms with van der Waals surface area (Å²) in [6.45, 7) is 2.10. The summed E-state index contributed by atoms with van der Waals surface area (Å²) in [5.41, 5.74) is 1.02. The molecule has 0 spiro atoms. The third-order valence-corrected chi connectivity index (χ3v) is 3.31. The normalized spacial score (nSPS) is 23.2. The predicted molar refractivity (Wildman–Crippen MR) is 67.9 cm³/mol. The second-order valence-corrected chi connectivity index (χ2v) is 4.26. The minimum Gasteiger partial charge on any atom is -0.498 e. The molecule has 1 atom stereocenters. The van der Waals surface area contributed by atoms with Crippen molar-refractivity contribution in [3.8, 4) is 0 Å². The minimum atomic E-state index is -0.409. The number of rotatable bonds is 3. The maximum atomic E-state index is 12.3. The van der Waals surface area contributed by atoms with Crippen LogP contribution in [0, 0.1) is 0 Å². The van der Waals surface area contributed by atoms with Crippen molar-refractivity contribution in [2.75, 3.05) is 27.8 Å². The van der Waals surface area contributed by atoms with Crippen molar-refractivity contribution in [2.24, 2.45) is 0 Å². The fourth-order valence-corrected chi connectivity index (χ4v) is 2.23. The van der Waals surface area contributed by atoms with Crippen molar-refractivity contribution in [2.45, 2.75) is 13.0 Å². The molecule has 0 aromatic rings. The molecule has 3 amide bonds. The predicted octanol–water partition coefficient (Wildman–Crippen LogP) is 0.537. The maximum absolute atomic E-state index is 12.3. The number of carbonyl (C=O) groups is 2. The average Bonchev–Trinajstić information content (AvgIpc) is 2.44. The van der Waals surface area contributed by atoms with Crippen molar-refractivity contribution >= 4 is 17.6 Å².